The molecule has 6 nitrogen and oxygen atoms in total. The lowest BCUT2D eigenvalue weighted by Crippen LogP contribution is -2.09. The summed E-state index contributed by atoms with van der Waals surface area (Å²) in [6, 6.07) is 11.4. The van der Waals surface area contributed by atoms with Crippen molar-refractivity contribution in [1.82, 2.24) is 0 Å². The Kier molecular flexibility index (Phi) is 5.78. The molecule has 0 aliphatic rings. The van der Waals surface area contributed by atoms with E-state index >= 15 is 0 Å². The fourth-order valence-electron chi connectivity index (χ4n) is 2.58. The van der Waals surface area contributed by atoms with E-state index in [0.29, 0.717) is 17.1 Å². The van der Waals surface area contributed by atoms with Crippen molar-refractivity contribution in [3.63, 3.8) is 0 Å². The van der Waals surface area contributed by atoms with Gasteiger partial charge in [-0.3, -0.25) is 4.79 Å². The average Bonchev–Trinajstić information content (AvgIpc) is 3.09. The van der Waals surface area contributed by atoms with Crippen molar-refractivity contribution in [3.05, 3.63) is 54.3 Å². The molecule has 0 saturated carbocycles. The van der Waals surface area contributed by atoms with Gasteiger partial charge in [0.2, 0.25) is 5.91 Å². The number of alkyl halides is 2. The van der Waals surface area contributed by atoms with E-state index in [9.17, 15) is 13.6 Å². The van der Waals surface area contributed by atoms with Crippen LogP contribution >= 0.6 is 0 Å². The molecule has 2 aromatic carbocycles. The molecule has 0 aliphatic carbocycles. The van der Waals surface area contributed by atoms with Gasteiger partial charge >= 0.3 is 6.61 Å². The summed E-state index contributed by atoms with van der Waals surface area (Å²) in [5, 5.41) is 3.40. The predicted octanol–water partition coefficient (Wildman–Crippen LogP) is 4.70. The number of nitrogens with one attached hydrogen (secondary N) is 1. The third-order valence-electron chi connectivity index (χ3n) is 3.79. The molecule has 1 N–H and O–H groups in total. The average molecular weight is 389 g/mol. The first-order valence-electron chi connectivity index (χ1n) is 8.18. The van der Waals surface area contributed by atoms with E-state index in [1.54, 1.807) is 19.2 Å². The topological polar surface area (TPSA) is 69.9 Å². The largest absolute Gasteiger partial charge is 0.493 e. The molecular weight excluding hydrogens is 372 g/mol. The van der Waals surface area contributed by atoms with Crippen molar-refractivity contribution in [2.45, 2.75) is 6.61 Å². The summed E-state index contributed by atoms with van der Waals surface area (Å²) in [5.74, 6) is 0.534. The summed E-state index contributed by atoms with van der Waals surface area (Å²) < 4.78 is 45.2. The van der Waals surface area contributed by atoms with Crippen LogP contribution in [0.3, 0.4) is 0 Å². The Morgan fingerprint density at radius 3 is 2.57 bits per heavy atom. The van der Waals surface area contributed by atoms with Gasteiger partial charge in [-0.15, -0.1) is 0 Å². The first-order chi connectivity index (χ1) is 13.5. The number of halogens is 2. The smallest absolute Gasteiger partial charge is 0.387 e. The molecule has 1 heterocycles. The second-order valence-corrected chi connectivity index (χ2v) is 5.59. The van der Waals surface area contributed by atoms with E-state index in [1.807, 2.05) is 12.1 Å². The van der Waals surface area contributed by atoms with Crippen LogP contribution in [-0.2, 0) is 4.79 Å². The Labute approximate surface area is 159 Å². The zero-order valence-corrected chi connectivity index (χ0v) is 15.1. The number of amides is 1. The molecule has 0 spiro atoms. The zero-order valence-electron chi connectivity index (χ0n) is 15.1. The van der Waals surface area contributed by atoms with Crippen molar-refractivity contribution in [2.75, 3.05) is 19.5 Å². The maximum absolute atomic E-state index is 12.5. The standard InChI is InChI=1S/C20H17F2NO5/c1-25-15-8-6-13(11-17(15)28-20(21)22)23-18(24)9-7-14-10-12-4-3-5-16(26-2)19(12)27-14/h3-11,20H,1-2H3,(H,23,24). The van der Waals surface area contributed by atoms with Crippen molar-refractivity contribution in [3.8, 4) is 17.2 Å². The van der Waals surface area contributed by atoms with E-state index in [4.69, 9.17) is 13.9 Å². The normalized spacial score (nSPS) is 11.2. The Morgan fingerprint density at radius 2 is 1.86 bits per heavy atom. The Morgan fingerprint density at radius 1 is 1.07 bits per heavy atom. The summed E-state index contributed by atoms with van der Waals surface area (Å²) in [6.45, 7) is -3.01. The lowest BCUT2D eigenvalue weighted by molar-refractivity contribution is -0.111. The molecule has 0 radical (unpaired) electrons. The minimum absolute atomic E-state index is 0.130. The quantitative estimate of drug-likeness (QED) is 0.593. The SMILES string of the molecule is COc1ccc(NC(=O)C=Cc2cc3cccc(OC)c3o2)cc1OC(F)F. The number of hydrogen-bond acceptors (Lipinski definition) is 5. The summed E-state index contributed by atoms with van der Waals surface area (Å²) in [7, 11) is 2.87. The van der Waals surface area contributed by atoms with Gasteiger partial charge in [0.15, 0.2) is 22.8 Å². The highest BCUT2D eigenvalue weighted by molar-refractivity contribution is 6.02. The van der Waals surface area contributed by atoms with Gasteiger partial charge in [0.05, 0.1) is 14.2 Å². The number of benzene rings is 2. The van der Waals surface area contributed by atoms with Crippen LogP contribution in [0.5, 0.6) is 17.2 Å². The molecule has 1 aromatic heterocycles. The molecule has 3 rings (SSSR count). The van der Waals surface area contributed by atoms with Gasteiger partial charge in [-0.2, -0.15) is 8.78 Å². The van der Waals surface area contributed by atoms with Gasteiger partial charge in [-0.25, -0.2) is 0 Å². The summed E-state index contributed by atoms with van der Waals surface area (Å²) in [5.41, 5.74) is 0.853. The van der Waals surface area contributed by atoms with E-state index in [1.165, 1.54) is 37.5 Å². The molecule has 28 heavy (non-hydrogen) atoms. The molecule has 0 fully saturated rings. The lowest BCUT2D eigenvalue weighted by atomic mass is 10.2. The molecule has 8 heteroatoms. The van der Waals surface area contributed by atoms with E-state index in [0.717, 1.165) is 5.39 Å². The molecule has 146 valence electrons. The highest BCUT2D eigenvalue weighted by Gasteiger charge is 2.12. The first-order valence-corrected chi connectivity index (χ1v) is 8.18. The second kappa shape index (κ2) is 8.43. The van der Waals surface area contributed by atoms with Crippen molar-refractivity contribution >= 4 is 28.6 Å². The Hall–Kier alpha value is -3.55. The maximum Gasteiger partial charge on any atom is 0.387 e. The van der Waals surface area contributed by atoms with Gasteiger partial charge in [0.25, 0.3) is 0 Å². The molecule has 0 bridgehead atoms. The van der Waals surface area contributed by atoms with Crippen LogP contribution in [0, 0.1) is 0 Å². The maximum atomic E-state index is 12.5. The second-order valence-electron chi connectivity index (χ2n) is 5.59. The van der Waals surface area contributed by atoms with Gasteiger partial charge in [0.1, 0.15) is 5.76 Å². The Bertz CT molecular complexity index is 1010. The molecular formula is C20H17F2NO5. The monoisotopic (exact) mass is 389 g/mol. The number of anilines is 1. The fraction of sp³-hybridized carbons (Fsp3) is 0.150. The minimum Gasteiger partial charge on any atom is -0.493 e. The van der Waals surface area contributed by atoms with Crippen LogP contribution in [0.1, 0.15) is 5.76 Å². The summed E-state index contributed by atoms with van der Waals surface area (Å²) >= 11 is 0. The number of ether oxygens (including phenoxy) is 3. The fourth-order valence-corrected chi connectivity index (χ4v) is 2.58. The van der Waals surface area contributed by atoms with Crippen molar-refractivity contribution in [2.24, 2.45) is 0 Å². The third-order valence-corrected chi connectivity index (χ3v) is 3.79. The van der Waals surface area contributed by atoms with Crippen LogP contribution in [0.25, 0.3) is 17.0 Å². The number of fused-ring (bicyclic) bond motifs is 1. The van der Waals surface area contributed by atoms with Gasteiger partial charge < -0.3 is 23.9 Å². The number of methoxy groups -OCH3 is 2. The predicted molar refractivity (Wildman–Crippen MR) is 100 cm³/mol. The zero-order chi connectivity index (χ0) is 20.1. The van der Waals surface area contributed by atoms with E-state index in [2.05, 4.69) is 10.1 Å². The lowest BCUT2D eigenvalue weighted by Gasteiger charge is -2.11. The highest BCUT2D eigenvalue weighted by atomic mass is 19.3. The van der Waals surface area contributed by atoms with Gasteiger partial charge in [0, 0.05) is 23.2 Å². The molecule has 0 saturated heterocycles. The number of furan rings is 1. The molecule has 0 atom stereocenters. The highest BCUT2D eigenvalue weighted by Crippen LogP contribution is 2.32. The van der Waals surface area contributed by atoms with Gasteiger partial charge in [-0.05, 0) is 30.3 Å². The Balaban J connectivity index is 1.73. The number of rotatable bonds is 7. The summed E-state index contributed by atoms with van der Waals surface area (Å²) in [4.78, 5) is 12.1. The van der Waals surface area contributed by atoms with Crippen LogP contribution in [-0.4, -0.2) is 26.7 Å². The first kappa shape index (κ1) is 19.2. The number of carbonyl (C=O) groups is 1. The molecule has 1 amide bonds. The third kappa shape index (κ3) is 4.40. The van der Waals surface area contributed by atoms with Gasteiger partial charge in [-0.1, -0.05) is 12.1 Å². The number of carbonyl (C=O) groups excluding carboxylic acids is 1. The van der Waals surface area contributed by atoms with Crippen LogP contribution in [0.4, 0.5) is 14.5 Å². The number of para-hydroxylation sites is 1. The van der Waals surface area contributed by atoms with Crippen molar-refractivity contribution in [1.29, 1.82) is 0 Å². The summed E-state index contributed by atoms with van der Waals surface area (Å²) in [6.07, 6.45) is 2.76. The van der Waals surface area contributed by atoms with Crippen molar-refractivity contribution < 1.29 is 32.2 Å². The van der Waals surface area contributed by atoms with E-state index in [-0.39, 0.29) is 17.2 Å². The van der Waals surface area contributed by atoms with Crippen LogP contribution in [0.2, 0.25) is 0 Å². The number of hydrogen-bond donors (Lipinski definition) is 1. The molecule has 0 aliphatic heterocycles. The van der Waals surface area contributed by atoms with Crippen LogP contribution in [0.15, 0.2) is 53.0 Å². The minimum atomic E-state index is -3.01. The van der Waals surface area contributed by atoms with Crippen LogP contribution < -0.4 is 19.5 Å². The van der Waals surface area contributed by atoms with E-state index < -0.39 is 12.5 Å². The molecule has 3 aromatic rings. The molecule has 0 unspecified atom stereocenters.